The Labute approximate surface area is 117 Å². The van der Waals surface area contributed by atoms with Crippen molar-refractivity contribution in [1.29, 1.82) is 5.26 Å². The molecule has 0 radical (unpaired) electrons. The average molecular weight is 277 g/mol. The summed E-state index contributed by atoms with van der Waals surface area (Å²) in [7, 11) is 1.37. The summed E-state index contributed by atoms with van der Waals surface area (Å²) in [5.41, 5.74) is 1.08. The van der Waals surface area contributed by atoms with Crippen LogP contribution in [0.4, 0.5) is 10.1 Å². The molecule has 5 nitrogen and oxygen atoms in total. The highest BCUT2D eigenvalue weighted by Crippen LogP contribution is 2.22. The highest BCUT2D eigenvalue weighted by Gasteiger charge is 2.21. The number of hydrogen-bond donors (Lipinski definition) is 0. The summed E-state index contributed by atoms with van der Waals surface area (Å²) in [6, 6.07) is 6.25. The van der Waals surface area contributed by atoms with E-state index in [0.717, 1.165) is 5.69 Å². The van der Waals surface area contributed by atoms with Gasteiger partial charge in [-0.05, 0) is 18.2 Å². The molecule has 1 aromatic carbocycles. The Balaban J connectivity index is 2.01. The molecular weight excluding hydrogens is 261 g/mol. The number of methoxy groups -OCH3 is 1. The highest BCUT2D eigenvalue weighted by molar-refractivity contribution is 5.71. The summed E-state index contributed by atoms with van der Waals surface area (Å²) < 4.78 is 17.8. The zero-order valence-corrected chi connectivity index (χ0v) is 11.3. The van der Waals surface area contributed by atoms with Crippen molar-refractivity contribution in [2.24, 2.45) is 0 Å². The molecule has 1 aliphatic rings. The van der Waals surface area contributed by atoms with Crippen molar-refractivity contribution in [2.75, 3.05) is 44.7 Å². The lowest BCUT2D eigenvalue weighted by Gasteiger charge is -2.35. The molecule has 1 aromatic rings. The molecule has 0 bridgehead atoms. The van der Waals surface area contributed by atoms with Crippen LogP contribution in [0.5, 0.6) is 0 Å². The first kappa shape index (κ1) is 14.3. The number of hydrogen-bond acceptors (Lipinski definition) is 5. The fourth-order valence-electron chi connectivity index (χ4n) is 2.27. The van der Waals surface area contributed by atoms with Crippen molar-refractivity contribution in [1.82, 2.24) is 4.90 Å². The van der Waals surface area contributed by atoms with Gasteiger partial charge >= 0.3 is 5.97 Å². The molecule has 0 unspecified atom stereocenters. The van der Waals surface area contributed by atoms with Crippen molar-refractivity contribution in [3.8, 4) is 6.07 Å². The first-order valence-electron chi connectivity index (χ1n) is 6.38. The second-order valence-corrected chi connectivity index (χ2v) is 4.61. The molecule has 1 aliphatic heterocycles. The second kappa shape index (κ2) is 6.35. The Morgan fingerprint density at radius 1 is 1.40 bits per heavy atom. The molecule has 6 heteroatoms. The number of nitriles is 1. The Bertz CT molecular complexity index is 534. The maximum absolute atomic E-state index is 13.1. The number of nitrogens with zero attached hydrogens (tertiary/aromatic N) is 3. The summed E-state index contributed by atoms with van der Waals surface area (Å²) in [6.07, 6.45) is 0. The molecule has 0 atom stereocenters. The van der Waals surface area contributed by atoms with Crippen LogP contribution in [0.2, 0.25) is 0 Å². The summed E-state index contributed by atoms with van der Waals surface area (Å²) in [5.74, 6) is -0.660. The van der Waals surface area contributed by atoms with Gasteiger partial charge < -0.3 is 9.64 Å². The van der Waals surface area contributed by atoms with Gasteiger partial charge in [0.1, 0.15) is 11.9 Å². The van der Waals surface area contributed by atoms with E-state index in [-0.39, 0.29) is 12.5 Å². The standard InChI is InChI=1S/C14H16FN3O2/c1-20-14(19)10-17-4-6-18(7-5-17)13-3-2-12(15)8-11(13)9-16/h2-3,8H,4-7,10H2,1H3. The van der Waals surface area contributed by atoms with Gasteiger partial charge in [0, 0.05) is 26.2 Å². The molecule has 0 spiro atoms. The van der Waals surface area contributed by atoms with Crippen LogP contribution >= 0.6 is 0 Å². The molecule has 0 saturated carbocycles. The van der Waals surface area contributed by atoms with Crippen molar-refractivity contribution >= 4 is 11.7 Å². The van der Waals surface area contributed by atoms with E-state index in [1.165, 1.54) is 19.2 Å². The number of ether oxygens (including phenoxy) is 1. The molecule has 1 heterocycles. The smallest absolute Gasteiger partial charge is 0.319 e. The number of benzene rings is 1. The lowest BCUT2D eigenvalue weighted by atomic mass is 10.1. The SMILES string of the molecule is COC(=O)CN1CCN(c2ccc(F)cc2C#N)CC1. The maximum atomic E-state index is 13.1. The minimum absolute atomic E-state index is 0.252. The number of halogens is 1. The number of piperazine rings is 1. The first-order valence-corrected chi connectivity index (χ1v) is 6.38. The van der Waals surface area contributed by atoms with E-state index in [9.17, 15) is 9.18 Å². The zero-order chi connectivity index (χ0) is 14.5. The first-order chi connectivity index (χ1) is 9.63. The normalized spacial score (nSPS) is 15.8. The second-order valence-electron chi connectivity index (χ2n) is 4.61. The molecule has 1 saturated heterocycles. The van der Waals surface area contributed by atoms with Crippen LogP contribution in [-0.4, -0.2) is 50.7 Å². The predicted octanol–water partition coefficient (Wildman–Crippen LogP) is 0.992. The molecular formula is C14H16FN3O2. The lowest BCUT2D eigenvalue weighted by molar-refractivity contribution is -0.142. The van der Waals surface area contributed by atoms with Gasteiger partial charge in [0.05, 0.1) is 24.9 Å². The van der Waals surface area contributed by atoms with E-state index in [4.69, 9.17) is 5.26 Å². The Morgan fingerprint density at radius 3 is 2.70 bits per heavy atom. The van der Waals surface area contributed by atoms with Gasteiger partial charge in [-0.3, -0.25) is 9.69 Å². The number of esters is 1. The third-order valence-corrected chi connectivity index (χ3v) is 3.37. The minimum Gasteiger partial charge on any atom is -0.468 e. The quantitative estimate of drug-likeness (QED) is 0.771. The molecule has 1 fully saturated rings. The Hall–Kier alpha value is -2.13. The van der Waals surface area contributed by atoms with Gasteiger partial charge in [-0.2, -0.15) is 5.26 Å². The average Bonchev–Trinajstić information content (AvgIpc) is 2.48. The van der Waals surface area contributed by atoms with Crippen LogP contribution in [-0.2, 0) is 9.53 Å². The lowest BCUT2D eigenvalue weighted by Crippen LogP contribution is -2.48. The zero-order valence-electron chi connectivity index (χ0n) is 11.3. The van der Waals surface area contributed by atoms with Crippen LogP contribution in [0, 0.1) is 17.1 Å². The predicted molar refractivity (Wildman–Crippen MR) is 71.8 cm³/mol. The monoisotopic (exact) mass is 277 g/mol. The van der Waals surface area contributed by atoms with Gasteiger partial charge in [-0.1, -0.05) is 0 Å². The molecule has 0 aromatic heterocycles. The van der Waals surface area contributed by atoms with E-state index in [2.05, 4.69) is 4.74 Å². The van der Waals surface area contributed by atoms with E-state index >= 15 is 0 Å². The number of carbonyl (C=O) groups excluding carboxylic acids is 1. The van der Waals surface area contributed by atoms with Crippen LogP contribution in [0.1, 0.15) is 5.56 Å². The third kappa shape index (κ3) is 3.25. The highest BCUT2D eigenvalue weighted by atomic mass is 19.1. The summed E-state index contributed by atoms with van der Waals surface area (Å²) in [4.78, 5) is 15.2. The minimum atomic E-state index is -0.408. The molecule has 20 heavy (non-hydrogen) atoms. The number of anilines is 1. The van der Waals surface area contributed by atoms with Crippen molar-refractivity contribution < 1.29 is 13.9 Å². The van der Waals surface area contributed by atoms with Gasteiger partial charge in [0.2, 0.25) is 0 Å². The summed E-state index contributed by atoms with van der Waals surface area (Å²) >= 11 is 0. The van der Waals surface area contributed by atoms with Gasteiger partial charge in [0.25, 0.3) is 0 Å². The molecule has 0 aliphatic carbocycles. The maximum Gasteiger partial charge on any atom is 0.319 e. The van der Waals surface area contributed by atoms with E-state index in [1.54, 1.807) is 6.07 Å². The topological polar surface area (TPSA) is 56.6 Å². The third-order valence-electron chi connectivity index (χ3n) is 3.37. The van der Waals surface area contributed by atoms with Gasteiger partial charge in [0.15, 0.2) is 0 Å². The molecule has 2 rings (SSSR count). The van der Waals surface area contributed by atoms with E-state index < -0.39 is 5.82 Å². The van der Waals surface area contributed by atoms with Crippen LogP contribution in [0.25, 0.3) is 0 Å². The number of carbonyl (C=O) groups is 1. The van der Waals surface area contributed by atoms with Crippen LogP contribution in [0.3, 0.4) is 0 Å². The Morgan fingerprint density at radius 2 is 2.10 bits per heavy atom. The van der Waals surface area contributed by atoms with Crippen molar-refractivity contribution in [3.05, 3.63) is 29.6 Å². The fourth-order valence-corrected chi connectivity index (χ4v) is 2.27. The summed E-state index contributed by atoms with van der Waals surface area (Å²) in [5, 5.41) is 9.06. The molecule has 0 N–H and O–H groups in total. The Kier molecular flexibility index (Phi) is 4.53. The summed E-state index contributed by atoms with van der Waals surface area (Å²) in [6.45, 7) is 3.07. The largest absolute Gasteiger partial charge is 0.468 e. The van der Waals surface area contributed by atoms with Crippen molar-refractivity contribution in [2.45, 2.75) is 0 Å². The van der Waals surface area contributed by atoms with Crippen molar-refractivity contribution in [3.63, 3.8) is 0 Å². The van der Waals surface area contributed by atoms with Crippen LogP contribution < -0.4 is 4.90 Å². The van der Waals surface area contributed by atoms with E-state index in [0.29, 0.717) is 31.7 Å². The van der Waals surface area contributed by atoms with Gasteiger partial charge in [-0.25, -0.2) is 4.39 Å². The van der Waals surface area contributed by atoms with Gasteiger partial charge in [-0.15, -0.1) is 0 Å². The van der Waals surface area contributed by atoms with Crippen LogP contribution in [0.15, 0.2) is 18.2 Å². The number of rotatable bonds is 3. The van der Waals surface area contributed by atoms with E-state index in [1.807, 2.05) is 15.9 Å². The molecule has 106 valence electrons. The fraction of sp³-hybridized carbons (Fsp3) is 0.429. The molecule has 0 amide bonds.